The van der Waals surface area contributed by atoms with Gasteiger partial charge in [-0.05, 0) is 48.2 Å². The zero-order valence-electron chi connectivity index (χ0n) is 32.8. The molecule has 2 aliphatic carbocycles. The van der Waals surface area contributed by atoms with Crippen LogP contribution in [0.3, 0.4) is 0 Å². The van der Waals surface area contributed by atoms with E-state index in [1.807, 2.05) is 0 Å². The summed E-state index contributed by atoms with van der Waals surface area (Å²) in [6, 6.07) is 57.5. The molecule has 0 amide bonds. The molecule has 0 N–H and O–H groups in total. The molecule has 0 saturated heterocycles. The number of rotatable bonds is 4. The van der Waals surface area contributed by atoms with Gasteiger partial charge < -0.3 is 24.8 Å². The predicted octanol–water partition coefficient (Wildman–Crippen LogP) is 6.67. The fraction of sp³-hybridized carbons (Fsp3) is 0.0741. The van der Waals surface area contributed by atoms with E-state index in [0.29, 0.717) is 0 Å². The Morgan fingerprint density at radius 3 is 1.29 bits per heavy atom. The third-order valence-corrected chi connectivity index (χ3v) is 18.5. The van der Waals surface area contributed by atoms with E-state index in [-0.39, 0.29) is 24.8 Å². The van der Waals surface area contributed by atoms with Gasteiger partial charge in [0.25, 0.3) is 0 Å². The van der Waals surface area contributed by atoms with Gasteiger partial charge in [0.2, 0.25) is 0 Å². The zero-order valence-corrected chi connectivity index (χ0v) is 38.9. The molecule has 10 rings (SSSR count). The molecule has 0 unspecified atom stereocenters. The Kier molecular flexibility index (Phi) is 14.9. The fourth-order valence-corrected chi connectivity index (χ4v) is 12.7. The van der Waals surface area contributed by atoms with Crippen molar-refractivity contribution in [3.8, 4) is 22.3 Å². The Labute approximate surface area is 371 Å². The predicted molar refractivity (Wildman–Crippen MR) is 241 cm³/mol. The molecule has 284 valence electrons. The van der Waals surface area contributed by atoms with Crippen LogP contribution in [0, 0.1) is 13.8 Å². The van der Waals surface area contributed by atoms with Crippen molar-refractivity contribution >= 4 is 49.6 Å². The molecule has 8 aromatic carbocycles. The van der Waals surface area contributed by atoms with Crippen LogP contribution in [0.25, 0.3) is 56.0 Å². The van der Waals surface area contributed by atoms with Gasteiger partial charge in [-0.25, -0.2) is 0 Å². The van der Waals surface area contributed by atoms with E-state index >= 15 is 0 Å². The topological polar surface area (TPSA) is 0 Å². The minimum atomic E-state index is -0.406. The average Bonchev–Trinajstić information content (AvgIpc) is 3.68. The van der Waals surface area contributed by atoms with E-state index < -0.39 is 5.49 Å². The molecule has 0 bridgehead atoms. The van der Waals surface area contributed by atoms with Crippen LogP contribution < -0.4 is 35.2 Å². The SMILES string of the molecule is Cc1cc(-c2cc3c([cH-]2)C=CC=CC3)c2ccccc2c1.Cc1cc(-c2cc3c([cH-]2)C=CC=CC3)c2ccccc2c1.[Cl-].[Cl-].[Hf+2]=[Si](c1ccccc1)c1ccccc1. The van der Waals surface area contributed by atoms with Crippen molar-refractivity contribution in [2.24, 2.45) is 0 Å². The first-order chi connectivity index (χ1) is 27.5. The molecule has 0 radical (unpaired) electrons. The molecule has 4 heteroatoms. The van der Waals surface area contributed by atoms with Crippen LogP contribution in [0.15, 0.2) is 194 Å². The number of hydrogen-bond acceptors (Lipinski definition) is 0. The summed E-state index contributed by atoms with van der Waals surface area (Å²) in [7, 11) is 0. The van der Waals surface area contributed by atoms with Gasteiger partial charge in [0.15, 0.2) is 0 Å². The molecule has 0 nitrogen and oxygen atoms in total. The number of halogens is 2. The van der Waals surface area contributed by atoms with Crippen LogP contribution in [0.5, 0.6) is 0 Å². The molecule has 0 atom stereocenters. The zero-order chi connectivity index (χ0) is 38.3. The first-order valence-corrected chi connectivity index (χ1v) is 26.3. The summed E-state index contributed by atoms with van der Waals surface area (Å²) in [6.45, 7) is 4.35. The Bertz CT molecular complexity index is 2590. The molecule has 0 aliphatic heterocycles. The average molecular weight is 970 g/mol. The quantitative estimate of drug-likeness (QED) is 0.137. The summed E-state index contributed by atoms with van der Waals surface area (Å²) in [4.78, 5) is 0. The maximum absolute atomic E-state index is 2.34. The van der Waals surface area contributed by atoms with E-state index in [2.05, 4.69) is 220 Å². The van der Waals surface area contributed by atoms with Crippen LogP contribution in [-0.4, -0.2) is 5.49 Å². The van der Waals surface area contributed by atoms with Crippen LogP contribution in [0.4, 0.5) is 0 Å². The first-order valence-electron chi connectivity index (χ1n) is 19.4. The monoisotopic (exact) mass is 970 g/mol. The van der Waals surface area contributed by atoms with Gasteiger partial charge in [0.05, 0.1) is 0 Å². The second kappa shape index (κ2) is 20.2. The van der Waals surface area contributed by atoms with Gasteiger partial charge in [0, 0.05) is 0 Å². The van der Waals surface area contributed by atoms with Crippen LogP contribution in [-0.2, 0) is 35.8 Å². The van der Waals surface area contributed by atoms with E-state index in [0.717, 1.165) is 12.8 Å². The molecule has 0 fully saturated rings. The van der Waals surface area contributed by atoms with Crippen molar-refractivity contribution in [1.29, 1.82) is 0 Å². The van der Waals surface area contributed by atoms with Gasteiger partial charge >= 0.3 is 99.5 Å². The van der Waals surface area contributed by atoms with Crippen LogP contribution in [0.1, 0.15) is 33.4 Å². The molecule has 0 saturated carbocycles. The standard InChI is InChI=1S/2C21H17.C12H10Si.2ClH.Hf/c2*1-15-11-18-9-5-6-10-20(18)21(12-15)19-13-16-7-3-2-4-8-17(16)14-19;1-3-7-11(8-4-1)13-12-9-5-2-6-10-12;;;/h2*2-7,9-14H,8H2,1H3;1-10H;2*1H;/q2*-1;;;;+2/p-2. The van der Waals surface area contributed by atoms with Crippen LogP contribution >= 0.6 is 0 Å². The van der Waals surface area contributed by atoms with Crippen molar-refractivity contribution in [1.82, 2.24) is 0 Å². The molecule has 0 aromatic heterocycles. The third-order valence-electron chi connectivity index (χ3n) is 10.5. The van der Waals surface area contributed by atoms with E-state index in [1.165, 1.54) is 111 Å². The normalized spacial score (nSPS) is 12.1. The second-order valence-corrected chi connectivity index (χ2v) is 21.9. The van der Waals surface area contributed by atoms with Crippen molar-refractivity contribution in [3.05, 3.63) is 228 Å². The molecule has 0 spiro atoms. The third kappa shape index (κ3) is 10.1. The summed E-state index contributed by atoms with van der Waals surface area (Å²) in [5.41, 5.74) is 13.1. The summed E-state index contributed by atoms with van der Waals surface area (Å²) in [5.74, 6) is 0. The fourth-order valence-electron chi connectivity index (χ4n) is 7.76. The molecular weight excluding hydrogens is 926 g/mol. The molecule has 58 heavy (non-hydrogen) atoms. The number of hydrogen-bond donors (Lipinski definition) is 0. The summed E-state index contributed by atoms with van der Waals surface area (Å²) in [6.07, 6.45) is 19.4. The summed E-state index contributed by atoms with van der Waals surface area (Å²) in [5, 5.41) is 8.38. The van der Waals surface area contributed by atoms with Crippen LogP contribution in [0.2, 0.25) is 0 Å². The minimum absolute atomic E-state index is 0. The second-order valence-electron chi connectivity index (χ2n) is 14.6. The molecule has 0 heterocycles. The number of allylic oxidation sites excluding steroid dienone is 6. The Hall–Kier alpha value is -4.83. The van der Waals surface area contributed by atoms with Gasteiger partial charge in [-0.1, -0.05) is 132 Å². The Morgan fingerprint density at radius 2 is 0.862 bits per heavy atom. The molecule has 2 aliphatic rings. The van der Waals surface area contributed by atoms with Crippen molar-refractivity contribution in [2.75, 3.05) is 0 Å². The number of benzene rings is 6. The summed E-state index contributed by atoms with van der Waals surface area (Å²) >= 11 is 1.27. The number of aryl methyl sites for hydroxylation is 2. The van der Waals surface area contributed by atoms with Crippen molar-refractivity contribution in [2.45, 2.75) is 26.7 Å². The van der Waals surface area contributed by atoms with E-state index in [9.17, 15) is 0 Å². The first kappa shape index (κ1) is 42.8. The van der Waals surface area contributed by atoms with Crippen molar-refractivity contribution < 1.29 is 47.8 Å². The summed E-state index contributed by atoms with van der Waals surface area (Å²) < 4.78 is 0. The molecule has 8 aromatic rings. The van der Waals surface area contributed by atoms with Gasteiger partial charge in [-0.2, -0.15) is 0 Å². The van der Waals surface area contributed by atoms with E-state index in [4.69, 9.17) is 0 Å². The van der Waals surface area contributed by atoms with Gasteiger partial charge in [-0.15, -0.1) is 69.8 Å². The Morgan fingerprint density at radius 1 is 0.466 bits per heavy atom. The molecular formula is C54H44Cl2HfSi-2. The Balaban J connectivity index is 0.000000147. The number of fused-ring (bicyclic) bond motifs is 4. The maximum atomic E-state index is 2.34. The van der Waals surface area contributed by atoms with Crippen molar-refractivity contribution in [3.63, 3.8) is 0 Å². The van der Waals surface area contributed by atoms with E-state index in [1.54, 1.807) is 0 Å². The van der Waals surface area contributed by atoms with Gasteiger partial charge in [0.1, 0.15) is 0 Å². The van der Waals surface area contributed by atoms with Gasteiger partial charge in [-0.3, -0.25) is 0 Å².